The molecule has 0 radical (unpaired) electrons. The van der Waals surface area contributed by atoms with E-state index in [1.807, 2.05) is 48.5 Å². The van der Waals surface area contributed by atoms with Crippen molar-refractivity contribution in [3.8, 4) is 0 Å². The molecule has 0 saturated carbocycles. The molecule has 9 heteroatoms. The van der Waals surface area contributed by atoms with Crippen molar-refractivity contribution in [1.29, 1.82) is 0 Å². The second-order valence-electron chi connectivity index (χ2n) is 11.1. The minimum atomic E-state index is -0.112. The molecule has 2 spiro atoms. The molecule has 4 aliphatic heterocycles. The zero-order valence-corrected chi connectivity index (χ0v) is 24.1. The van der Waals surface area contributed by atoms with Crippen LogP contribution in [0.15, 0.2) is 60.7 Å². The molecule has 2 amide bonds. The number of piperidine rings is 2. The first kappa shape index (κ1) is 32.0. The SMILES string of the molecule is C.CN1CCC2(CC1)NCC(=O)N2.CN1CCC2(CC1)NCC(=O)N2Cc1ccccc1.ClCc1ccccc1. The van der Waals surface area contributed by atoms with Crippen LogP contribution in [0.2, 0.25) is 0 Å². The van der Waals surface area contributed by atoms with E-state index in [2.05, 4.69) is 56.9 Å². The lowest BCUT2D eigenvalue weighted by molar-refractivity contribution is -0.132. The topological polar surface area (TPSA) is 80.0 Å². The van der Waals surface area contributed by atoms with Crippen LogP contribution < -0.4 is 16.0 Å². The Bertz CT molecular complexity index is 1050. The minimum absolute atomic E-state index is 0. The van der Waals surface area contributed by atoms with Crippen LogP contribution in [0, 0.1) is 0 Å². The third-order valence-electron chi connectivity index (χ3n) is 8.19. The molecule has 0 bridgehead atoms. The maximum Gasteiger partial charge on any atom is 0.238 e. The highest BCUT2D eigenvalue weighted by molar-refractivity contribution is 6.17. The Morgan fingerprint density at radius 3 is 1.75 bits per heavy atom. The Labute approximate surface area is 245 Å². The number of nitrogens with zero attached hydrogens (tertiary/aromatic N) is 3. The van der Waals surface area contributed by atoms with Crippen LogP contribution in [-0.2, 0) is 22.0 Å². The maximum atomic E-state index is 12.2. The van der Waals surface area contributed by atoms with Crippen molar-refractivity contribution in [3.63, 3.8) is 0 Å². The number of rotatable bonds is 3. The molecule has 4 aliphatic rings. The highest BCUT2D eigenvalue weighted by Crippen LogP contribution is 2.31. The van der Waals surface area contributed by atoms with Gasteiger partial charge < -0.3 is 20.0 Å². The summed E-state index contributed by atoms with van der Waals surface area (Å²) in [6, 6.07) is 20.2. The lowest BCUT2D eigenvalue weighted by atomic mass is 9.96. The largest absolute Gasteiger partial charge is 0.337 e. The van der Waals surface area contributed by atoms with Gasteiger partial charge in [0.2, 0.25) is 11.8 Å². The van der Waals surface area contributed by atoms with E-state index in [1.165, 1.54) is 11.1 Å². The first-order chi connectivity index (χ1) is 18.8. The van der Waals surface area contributed by atoms with Crippen LogP contribution in [0.3, 0.4) is 0 Å². The Hall–Kier alpha value is -2.49. The van der Waals surface area contributed by atoms with Crippen molar-refractivity contribution in [1.82, 2.24) is 30.7 Å². The number of hydrogen-bond donors (Lipinski definition) is 3. The molecule has 4 heterocycles. The van der Waals surface area contributed by atoms with Gasteiger partial charge in [-0.1, -0.05) is 68.1 Å². The highest BCUT2D eigenvalue weighted by atomic mass is 35.5. The Balaban J connectivity index is 0.000000180. The molecule has 3 N–H and O–H groups in total. The molecular weight excluding hydrogens is 524 g/mol. The monoisotopic (exact) mass is 570 g/mol. The van der Waals surface area contributed by atoms with E-state index in [9.17, 15) is 9.59 Å². The smallest absolute Gasteiger partial charge is 0.238 e. The van der Waals surface area contributed by atoms with Crippen LogP contribution in [0.25, 0.3) is 0 Å². The van der Waals surface area contributed by atoms with Crippen molar-refractivity contribution in [2.24, 2.45) is 0 Å². The summed E-state index contributed by atoms with van der Waals surface area (Å²) in [5.74, 6) is 0.980. The fourth-order valence-electron chi connectivity index (χ4n) is 5.58. The molecule has 2 aromatic carbocycles. The van der Waals surface area contributed by atoms with Crippen molar-refractivity contribution in [2.75, 3.05) is 53.4 Å². The number of benzene rings is 2. The summed E-state index contributed by atoms with van der Waals surface area (Å²) in [6.07, 6.45) is 4.08. The number of amides is 2. The fraction of sp³-hybridized carbons (Fsp3) is 0.548. The van der Waals surface area contributed by atoms with E-state index >= 15 is 0 Å². The van der Waals surface area contributed by atoms with E-state index in [0.29, 0.717) is 19.0 Å². The summed E-state index contributed by atoms with van der Waals surface area (Å²) in [6.45, 7) is 5.91. The second kappa shape index (κ2) is 14.9. The molecule has 0 unspecified atom stereocenters. The minimum Gasteiger partial charge on any atom is -0.337 e. The highest BCUT2D eigenvalue weighted by Gasteiger charge is 2.46. The lowest BCUT2D eigenvalue weighted by Gasteiger charge is -2.43. The molecule has 0 atom stereocenters. The Morgan fingerprint density at radius 1 is 0.750 bits per heavy atom. The Morgan fingerprint density at radius 2 is 1.27 bits per heavy atom. The number of halogens is 1. The number of alkyl halides is 1. The summed E-state index contributed by atoms with van der Waals surface area (Å²) in [7, 11) is 4.26. The number of nitrogens with one attached hydrogen (secondary N) is 3. The van der Waals surface area contributed by atoms with E-state index < -0.39 is 0 Å². The Kier molecular flexibility index (Phi) is 12.0. The van der Waals surface area contributed by atoms with Crippen LogP contribution in [0.4, 0.5) is 0 Å². The number of carbonyl (C=O) groups excluding carboxylic acids is 2. The summed E-state index contributed by atoms with van der Waals surface area (Å²) >= 11 is 5.53. The average Bonchev–Trinajstić information content (AvgIpc) is 3.48. The molecule has 4 saturated heterocycles. The molecule has 0 aliphatic carbocycles. The van der Waals surface area contributed by atoms with E-state index in [1.54, 1.807) is 0 Å². The van der Waals surface area contributed by atoms with Crippen LogP contribution in [0.5, 0.6) is 0 Å². The van der Waals surface area contributed by atoms with Gasteiger partial charge in [-0.3, -0.25) is 20.2 Å². The van der Waals surface area contributed by atoms with Crippen molar-refractivity contribution < 1.29 is 9.59 Å². The van der Waals surface area contributed by atoms with Crippen LogP contribution >= 0.6 is 11.6 Å². The quantitative estimate of drug-likeness (QED) is 0.492. The molecule has 8 nitrogen and oxygen atoms in total. The van der Waals surface area contributed by atoms with E-state index in [-0.39, 0.29) is 30.6 Å². The van der Waals surface area contributed by atoms with Crippen molar-refractivity contribution in [3.05, 3.63) is 71.8 Å². The van der Waals surface area contributed by atoms with Gasteiger partial charge in [-0.2, -0.15) is 0 Å². The zero-order valence-electron chi connectivity index (χ0n) is 23.3. The van der Waals surface area contributed by atoms with Gasteiger partial charge in [0, 0.05) is 38.6 Å². The van der Waals surface area contributed by atoms with Gasteiger partial charge in [0.05, 0.1) is 24.4 Å². The van der Waals surface area contributed by atoms with E-state index in [0.717, 1.165) is 58.4 Å². The van der Waals surface area contributed by atoms with E-state index in [4.69, 9.17) is 11.6 Å². The first-order valence-corrected chi connectivity index (χ1v) is 14.5. The average molecular weight is 571 g/mol. The zero-order chi connectivity index (χ0) is 27.7. The van der Waals surface area contributed by atoms with Gasteiger partial charge in [0.1, 0.15) is 0 Å². The lowest BCUT2D eigenvalue weighted by Crippen LogP contribution is -2.57. The second-order valence-corrected chi connectivity index (χ2v) is 11.3. The molecule has 2 aromatic rings. The third-order valence-corrected chi connectivity index (χ3v) is 8.50. The van der Waals surface area contributed by atoms with Crippen LogP contribution in [-0.4, -0.2) is 91.2 Å². The molecule has 4 fully saturated rings. The van der Waals surface area contributed by atoms with Gasteiger partial charge in [-0.05, 0) is 50.9 Å². The number of hydrogen-bond acceptors (Lipinski definition) is 6. The fourth-order valence-corrected chi connectivity index (χ4v) is 5.76. The summed E-state index contributed by atoms with van der Waals surface area (Å²) in [5.41, 5.74) is 2.20. The summed E-state index contributed by atoms with van der Waals surface area (Å²) in [5, 5.41) is 9.73. The number of likely N-dealkylation sites (tertiary alicyclic amines) is 2. The van der Waals surface area contributed by atoms with Gasteiger partial charge in [-0.25, -0.2) is 0 Å². The van der Waals surface area contributed by atoms with Gasteiger partial charge in [0.15, 0.2) is 0 Å². The standard InChI is InChI=1S/C15H21N3O.C8H15N3O.C7H7Cl.CH4/c1-17-9-7-15(8-10-17)16-11-14(19)18(15)12-13-5-3-2-4-6-13;1-11-4-2-8(3-5-11)9-6-7(12)10-8;8-6-7-4-2-1-3-5-7;/h2-6,16H,7-12H2,1H3;9H,2-6H2,1H3,(H,10,12);1-5H,6H2;1H4. The maximum absolute atomic E-state index is 12.2. The van der Waals surface area contributed by atoms with Gasteiger partial charge >= 0.3 is 0 Å². The molecule has 0 aromatic heterocycles. The predicted octanol–water partition coefficient (Wildman–Crippen LogP) is 3.23. The molecule has 40 heavy (non-hydrogen) atoms. The molecule has 220 valence electrons. The van der Waals surface area contributed by atoms with Crippen molar-refractivity contribution in [2.45, 2.75) is 56.9 Å². The summed E-state index contributed by atoms with van der Waals surface area (Å²) < 4.78 is 0. The molecule has 6 rings (SSSR count). The predicted molar refractivity (Wildman–Crippen MR) is 163 cm³/mol. The van der Waals surface area contributed by atoms with Gasteiger partial charge in [-0.15, -0.1) is 11.6 Å². The third kappa shape index (κ3) is 8.51. The van der Waals surface area contributed by atoms with Crippen molar-refractivity contribution >= 4 is 23.4 Å². The van der Waals surface area contributed by atoms with Crippen LogP contribution in [0.1, 0.15) is 44.2 Å². The first-order valence-electron chi connectivity index (χ1n) is 14.0. The normalized spacial score (nSPS) is 21.6. The van der Waals surface area contributed by atoms with Gasteiger partial charge in [0.25, 0.3) is 0 Å². The molecular formula is C31H47ClN6O2. The number of carbonyl (C=O) groups is 2. The summed E-state index contributed by atoms with van der Waals surface area (Å²) in [4.78, 5) is 29.9.